The van der Waals surface area contributed by atoms with Crippen molar-refractivity contribution in [1.29, 1.82) is 0 Å². The Bertz CT molecular complexity index is 994. The van der Waals surface area contributed by atoms with Gasteiger partial charge >= 0.3 is 5.97 Å². The van der Waals surface area contributed by atoms with Crippen LogP contribution in [0.15, 0.2) is 59.3 Å². The van der Waals surface area contributed by atoms with Gasteiger partial charge in [-0.1, -0.05) is 41.4 Å². The van der Waals surface area contributed by atoms with Gasteiger partial charge in [0, 0.05) is 21.3 Å². The van der Waals surface area contributed by atoms with Crippen LogP contribution in [0.25, 0.3) is 6.08 Å². The van der Waals surface area contributed by atoms with E-state index < -0.39 is 17.7 Å². The molecule has 1 amide bonds. The molecule has 3 rings (SSSR count). The molecule has 1 aliphatic heterocycles. The monoisotopic (exact) mass is 405 g/mol. The van der Waals surface area contributed by atoms with Crippen molar-refractivity contribution < 1.29 is 18.7 Å². The number of carbonyl (C=O) groups is 2. The molecule has 0 saturated heterocycles. The number of benzene rings is 2. The number of hydrogen-bond acceptors (Lipinski definition) is 3. The maximum absolute atomic E-state index is 14.3. The van der Waals surface area contributed by atoms with E-state index >= 15 is 0 Å². The summed E-state index contributed by atoms with van der Waals surface area (Å²) in [5, 5.41) is 0.628. The minimum Gasteiger partial charge on any atom is -0.465 e. The number of methoxy groups -OCH3 is 1. The maximum atomic E-state index is 14.3. The van der Waals surface area contributed by atoms with Crippen molar-refractivity contribution >= 4 is 46.8 Å². The summed E-state index contributed by atoms with van der Waals surface area (Å²) in [5.74, 6) is -1.88. The molecule has 0 aromatic heterocycles. The van der Waals surface area contributed by atoms with Gasteiger partial charge in [0.25, 0.3) is 5.91 Å². The summed E-state index contributed by atoms with van der Waals surface area (Å²) in [6, 6.07) is 10.7. The number of nitrogens with zero attached hydrogens (tertiary/aromatic N) is 1. The van der Waals surface area contributed by atoms with Crippen LogP contribution in [0.1, 0.15) is 12.5 Å². The third kappa shape index (κ3) is 3.36. The van der Waals surface area contributed by atoms with Crippen molar-refractivity contribution in [2.24, 2.45) is 0 Å². The zero-order valence-electron chi connectivity index (χ0n) is 14.4. The Morgan fingerprint density at radius 1 is 1.11 bits per heavy atom. The molecular formula is C20H14Cl2FNO3. The number of hydrogen-bond donors (Lipinski definition) is 0. The summed E-state index contributed by atoms with van der Waals surface area (Å²) in [5.41, 5.74) is 0.731. The molecule has 0 saturated carbocycles. The van der Waals surface area contributed by atoms with Crippen molar-refractivity contribution in [1.82, 2.24) is 0 Å². The molecule has 27 heavy (non-hydrogen) atoms. The van der Waals surface area contributed by atoms with Crippen LogP contribution >= 0.6 is 23.2 Å². The Kier molecular flexibility index (Phi) is 5.35. The molecule has 0 N–H and O–H groups in total. The number of anilines is 1. The van der Waals surface area contributed by atoms with Gasteiger partial charge in [0.1, 0.15) is 5.82 Å². The van der Waals surface area contributed by atoms with E-state index in [1.54, 1.807) is 31.2 Å². The number of esters is 1. The summed E-state index contributed by atoms with van der Waals surface area (Å²) < 4.78 is 19.1. The van der Waals surface area contributed by atoms with E-state index in [0.29, 0.717) is 15.6 Å². The fourth-order valence-corrected chi connectivity index (χ4v) is 3.40. The van der Waals surface area contributed by atoms with Gasteiger partial charge in [-0.25, -0.2) is 9.18 Å². The van der Waals surface area contributed by atoms with Gasteiger partial charge in [-0.2, -0.15) is 0 Å². The van der Waals surface area contributed by atoms with E-state index in [-0.39, 0.29) is 22.5 Å². The Hall–Kier alpha value is -2.63. The Morgan fingerprint density at radius 3 is 2.33 bits per heavy atom. The number of carbonyl (C=O) groups excluding carboxylic acids is 2. The lowest BCUT2D eigenvalue weighted by Crippen LogP contribution is -2.25. The molecule has 0 spiro atoms. The summed E-state index contributed by atoms with van der Waals surface area (Å²) >= 11 is 12.4. The zero-order valence-corrected chi connectivity index (χ0v) is 15.9. The van der Waals surface area contributed by atoms with Crippen molar-refractivity contribution in [3.05, 3.63) is 80.7 Å². The van der Waals surface area contributed by atoms with Crippen LogP contribution < -0.4 is 4.90 Å². The highest BCUT2D eigenvalue weighted by atomic mass is 35.5. The first-order valence-electron chi connectivity index (χ1n) is 7.91. The van der Waals surface area contributed by atoms with Gasteiger partial charge in [0.05, 0.1) is 23.9 Å². The molecule has 0 radical (unpaired) electrons. The van der Waals surface area contributed by atoms with Gasteiger partial charge in [-0.3, -0.25) is 9.69 Å². The topological polar surface area (TPSA) is 46.6 Å². The molecule has 0 aliphatic carbocycles. The molecule has 2 aromatic carbocycles. The first-order chi connectivity index (χ1) is 12.9. The largest absolute Gasteiger partial charge is 0.465 e. The molecule has 0 bridgehead atoms. The third-order valence-electron chi connectivity index (χ3n) is 4.17. The van der Waals surface area contributed by atoms with E-state index in [0.717, 1.165) is 4.90 Å². The standard InChI is InChI=1S/C20H14Cl2FNO3/c1-11-18(20(26)27-2)13(10-12-14(21)6-5-7-15(12)22)19(25)24(11)17-9-4-3-8-16(17)23/h3-10H,1-2H3/b13-10+. The molecule has 138 valence electrons. The highest BCUT2D eigenvalue weighted by Gasteiger charge is 2.39. The Morgan fingerprint density at radius 2 is 1.74 bits per heavy atom. The van der Waals surface area contributed by atoms with Gasteiger partial charge in [0.15, 0.2) is 0 Å². The predicted molar refractivity (Wildman–Crippen MR) is 103 cm³/mol. The summed E-state index contributed by atoms with van der Waals surface area (Å²) in [7, 11) is 1.21. The fraction of sp³-hybridized carbons (Fsp3) is 0.100. The highest BCUT2D eigenvalue weighted by Crippen LogP contribution is 2.38. The zero-order chi connectivity index (χ0) is 19.7. The summed E-state index contributed by atoms with van der Waals surface area (Å²) in [6.07, 6.45) is 1.42. The van der Waals surface area contributed by atoms with E-state index in [4.69, 9.17) is 27.9 Å². The number of amides is 1. The first-order valence-corrected chi connectivity index (χ1v) is 8.66. The van der Waals surface area contributed by atoms with E-state index in [1.807, 2.05) is 0 Å². The Labute approximate surface area is 165 Å². The average molecular weight is 406 g/mol. The minimum atomic E-state index is -0.714. The normalized spacial score (nSPS) is 15.7. The molecular weight excluding hydrogens is 392 g/mol. The molecule has 2 aromatic rings. The van der Waals surface area contributed by atoms with E-state index in [9.17, 15) is 14.0 Å². The molecule has 1 aliphatic rings. The van der Waals surface area contributed by atoms with E-state index in [1.165, 1.54) is 31.4 Å². The molecule has 0 unspecified atom stereocenters. The second kappa shape index (κ2) is 7.55. The average Bonchev–Trinajstić information content (AvgIpc) is 2.88. The molecule has 0 fully saturated rings. The second-order valence-electron chi connectivity index (χ2n) is 5.74. The molecule has 4 nitrogen and oxygen atoms in total. The van der Waals surface area contributed by atoms with Crippen LogP contribution in [0.5, 0.6) is 0 Å². The quantitative estimate of drug-likeness (QED) is 0.532. The van der Waals surface area contributed by atoms with Crippen LogP contribution in [0.2, 0.25) is 10.0 Å². The number of ether oxygens (including phenoxy) is 1. The van der Waals surface area contributed by atoms with Crippen LogP contribution in [-0.4, -0.2) is 19.0 Å². The van der Waals surface area contributed by atoms with Crippen LogP contribution in [0.4, 0.5) is 10.1 Å². The van der Waals surface area contributed by atoms with Crippen molar-refractivity contribution in [3.8, 4) is 0 Å². The first kappa shape index (κ1) is 19.1. The molecule has 0 atom stereocenters. The van der Waals surface area contributed by atoms with Gasteiger partial charge in [-0.05, 0) is 37.3 Å². The third-order valence-corrected chi connectivity index (χ3v) is 4.83. The minimum absolute atomic E-state index is 0.0256. The van der Waals surface area contributed by atoms with Gasteiger partial charge in [-0.15, -0.1) is 0 Å². The molecule has 7 heteroatoms. The van der Waals surface area contributed by atoms with Gasteiger partial charge < -0.3 is 4.74 Å². The summed E-state index contributed by atoms with van der Waals surface area (Å²) in [6.45, 7) is 1.55. The number of allylic oxidation sites excluding steroid dienone is 1. The smallest absolute Gasteiger partial charge is 0.340 e. The van der Waals surface area contributed by atoms with E-state index in [2.05, 4.69) is 0 Å². The van der Waals surface area contributed by atoms with Crippen LogP contribution in [0, 0.1) is 5.82 Å². The van der Waals surface area contributed by atoms with Crippen LogP contribution in [-0.2, 0) is 14.3 Å². The number of rotatable bonds is 3. The SMILES string of the molecule is COC(=O)C1=C(C)N(c2ccccc2F)C(=O)/C1=C/c1c(Cl)cccc1Cl. The van der Waals surface area contributed by atoms with Crippen molar-refractivity contribution in [3.63, 3.8) is 0 Å². The highest BCUT2D eigenvalue weighted by molar-refractivity contribution is 6.37. The fourth-order valence-electron chi connectivity index (χ4n) is 2.90. The summed E-state index contributed by atoms with van der Waals surface area (Å²) in [4.78, 5) is 26.6. The Balaban J connectivity index is 2.23. The van der Waals surface area contributed by atoms with Crippen LogP contribution in [0.3, 0.4) is 0 Å². The number of halogens is 3. The molecule has 1 heterocycles. The number of para-hydroxylation sites is 1. The van der Waals surface area contributed by atoms with Crippen molar-refractivity contribution in [2.45, 2.75) is 6.92 Å². The predicted octanol–water partition coefficient (Wildman–Crippen LogP) is 5.01. The van der Waals surface area contributed by atoms with Gasteiger partial charge in [0.2, 0.25) is 0 Å². The van der Waals surface area contributed by atoms with Crippen molar-refractivity contribution in [2.75, 3.05) is 12.0 Å². The lowest BCUT2D eigenvalue weighted by molar-refractivity contribution is -0.136. The lowest BCUT2D eigenvalue weighted by atomic mass is 10.0. The lowest BCUT2D eigenvalue weighted by Gasteiger charge is -2.18. The second-order valence-corrected chi connectivity index (χ2v) is 6.55. The maximum Gasteiger partial charge on any atom is 0.340 e.